The second-order valence-corrected chi connectivity index (χ2v) is 6.80. The van der Waals surface area contributed by atoms with Crippen LogP contribution in [0.3, 0.4) is 0 Å². The van der Waals surface area contributed by atoms with Crippen LogP contribution in [0, 0.1) is 57.2 Å². The molecule has 0 saturated heterocycles. The fourth-order valence-electron chi connectivity index (χ4n) is 2.72. The van der Waals surface area contributed by atoms with Gasteiger partial charge < -0.3 is 0 Å². The van der Waals surface area contributed by atoms with E-state index in [2.05, 4.69) is 56.6 Å². The molecule has 0 aliphatic rings. The van der Waals surface area contributed by atoms with E-state index in [1.165, 1.54) is 28.3 Å². The fraction of sp³-hybridized carbons (Fsp3) is 0.154. The zero-order valence-electron chi connectivity index (χ0n) is 16.1. The molecule has 1 heteroatoms. The molecule has 0 nitrogen and oxygen atoms in total. The molecule has 0 saturated carbocycles. The van der Waals surface area contributed by atoms with Crippen molar-refractivity contribution in [1.29, 1.82) is 0 Å². The lowest BCUT2D eigenvalue weighted by Crippen LogP contribution is -1.89. The van der Waals surface area contributed by atoms with Gasteiger partial charge in [-0.1, -0.05) is 41.4 Å². The second kappa shape index (κ2) is 7.94. The van der Waals surface area contributed by atoms with Gasteiger partial charge in [0, 0.05) is 16.7 Å². The lowest BCUT2D eigenvalue weighted by atomic mass is 10.0. The molecule has 132 valence electrons. The van der Waals surface area contributed by atoms with Crippen molar-refractivity contribution in [3.63, 3.8) is 0 Å². The highest BCUT2D eigenvalue weighted by atomic mass is 19.1. The summed E-state index contributed by atoms with van der Waals surface area (Å²) in [5.74, 6) is 11.7. The molecule has 27 heavy (non-hydrogen) atoms. The molecule has 0 aliphatic carbocycles. The summed E-state index contributed by atoms with van der Waals surface area (Å²) in [6, 6.07) is 16.9. The van der Waals surface area contributed by atoms with Crippen molar-refractivity contribution in [2.75, 3.05) is 0 Å². The number of aryl methyl sites for hydroxylation is 3. The SMILES string of the molecule is Cc1ccc(C#Cc2ccc(C#Cc3cc(C)c(C)c(C)c3)cc2F)cc1. The Bertz CT molecular complexity index is 1090. The van der Waals surface area contributed by atoms with Crippen molar-refractivity contribution in [2.24, 2.45) is 0 Å². The van der Waals surface area contributed by atoms with Crippen molar-refractivity contribution in [3.05, 3.63) is 105 Å². The number of hydrogen-bond donors (Lipinski definition) is 0. The second-order valence-electron chi connectivity index (χ2n) is 6.80. The first-order chi connectivity index (χ1) is 12.9. The van der Waals surface area contributed by atoms with Crippen molar-refractivity contribution < 1.29 is 4.39 Å². The van der Waals surface area contributed by atoms with Gasteiger partial charge in [-0.05, 0) is 86.8 Å². The first-order valence-electron chi connectivity index (χ1n) is 8.90. The van der Waals surface area contributed by atoms with Crippen molar-refractivity contribution >= 4 is 0 Å². The topological polar surface area (TPSA) is 0 Å². The van der Waals surface area contributed by atoms with Gasteiger partial charge in [0.1, 0.15) is 5.82 Å². The summed E-state index contributed by atoms with van der Waals surface area (Å²) in [5.41, 5.74) is 7.72. The molecule has 0 radical (unpaired) electrons. The maximum atomic E-state index is 14.4. The Morgan fingerprint density at radius 1 is 0.593 bits per heavy atom. The summed E-state index contributed by atoms with van der Waals surface area (Å²) >= 11 is 0. The summed E-state index contributed by atoms with van der Waals surface area (Å²) < 4.78 is 14.4. The Kier molecular flexibility index (Phi) is 5.44. The molecular weight excluding hydrogens is 331 g/mol. The molecule has 0 spiro atoms. The number of benzene rings is 3. The molecule has 3 aromatic rings. The van der Waals surface area contributed by atoms with E-state index in [4.69, 9.17) is 0 Å². The summed E-state index contributed by atoms with van der Waals surface area (Å²) in [5, 5.41) is 0. The van der Waals surface area contributed by atoms with Gasteiger partial charge in [-0.25, -0.2) is 4.39 Å². The number of rotatable bonds is 0. The summed E-state index contributed by atoms with van der Waals surface area (Å²) in [7, 11) is 0. The first kappa shape index (κ1) is 18.5. The van der Waals surface area contributed by atoms with E-state index >= 15 is 0 Å². The number of halogens is 1. The van der Waals surface area contributed by atoms with Gasteiger partial charge in [0.05, 0.1) is 5.56 Å². The Morgan fingerprint density at radius 3 is 1.78 bits per heavy atom. The molecule has 0 fully saturated rings. The van der Waals surface area contributed by atoms with Crippen LogP contribution in [0.15, 0.2) is 54.6 Å². The average Bonchev–Trinajstić information content (AvgIpc) is 2.65. The minimum absolute atomic E-state index is 0.349. The van der Waals surface area contributed by atoms with E-state index in [1.54, 1.807) is 6.07 Å². The van der Waals surface area contributed by atoms with Gasteiger partial charge in [0.25, 0.3) is 0 Å². The maximum Gasteiger partial charge on any atom is 0.140 e. The summed E-state index contributed by atoms with van der Waals surface area (Å²) in [4.78, 5) is 0. The molecular formula is C26H21F. The van der Waals surface area contributed by atoms with Crippen molar-refractivity contribution in [1.82, 2.24) is 0 Å². The Labute approximate surface area is 161 Å². The van der Waals surface area contributed by atoms with E-state index < -0.39 is 0 Å². The zero-order valence-corrected chi connectivity index (χ0v) is 16.1. The molecule has 3 aromatic carbocycles. The van der Waals surface area contributed by atoms with Gasteiger partial charge >= 0.3 is 0 Å². The average molecular weight is 352 g/mol. The minimum Gasteiger partial charge on any atom is -0.206 e. The summed E-state index contributed by atoms with van der Waals surface area (Å²) in [6.07, 6.45) is 0. The highest BCUT2D eigenvalue weighted by Crippen LogP contribution is 2.15. The largest absolute Gasteiger partial charge is 0.206 e. The highest BCUT2D eigenvalue weighted by molar-refractivity contribution is 5.50. The van der Waals surface area contributed by atoms with E-state index in [1.807, 2.05) is 37.3 Å². The van der Waals surface area contributed by atoms with E-state index in [9.17, 15) is 4.39 Å². The maximum absolute atomic E-state index is 14.4. The van der Waals surface area contributed by atoms with Crippen LogP contribution < -0.4 is 0 Å². The highest BCUT2D eigenvalue weighted by Gasteiger charge is 2.01. The Morgan fingerprint density at radius 2 is 1.15 bits per heavy atom. The minimum atomic E-state index is -0.349. The van der Waals surface area contributed by atoms with Gasteiger partial charge in [-0.3, -0.25) is 0 Å². The summed E-state index contributed by atoms with van der Waals surface area (Å²) in [6.45, 7) is 8.28. The predicted molar refractivity (Wildman–Crippen MR) is 110 cm³/mol. The van der Waals surface area contributed by atoms with E-state index in [-0.39, 0.29) is 5.82 Å². The van der Waals surface area contributed by atoms with Gasteiger partial charge in [0.2, 0.25) is 0 Å². The van der Waals surface area contributed by atoms with Crippen molar-refractivity contribution in [3.8, 4) is 23.7 Å². The van der Waals surface area contributed by atoms with Crippen LogP contribution in [0.4, 0.5) is 4.39 Å². The molecule has 0 N–H and O–H groups in total. The van der Waals surface area contributed by atoms with Crippen LogP contribution in [0.5, 0.6) is 0 Å². The molecule has 0 bridgehead atoms. The zero-order chi connectivity index (χ0) is 19.4. The molecule has 3 rings (SSSR count). The van der Waals surface area contributed by atoms with Crippen LogP contribution in [0.25, 0.3) is 0 Å². The lowest BCUT2D eigenvalue weighted by Gasteiger charge is -2.04. The van der Waals surface area contributed by atoms with Crippen LogP contribution in [-0.2, 0) is 0 Å². The lowest BCUT2D eigenvalue weighted by molar-refractivity contribution is 0.624. The Hall–Kier alpha value is -3.29. The Balaban J connectivity index is 1.83. The fourth-order valence-corrected chi connectivity index (χ4v) is 2.72. The number of hydrogen-bond acceptors (Lipinski definition) is 0. The van der Waals surface area contributed by atoms with Crippen LogP contribution in [-0.4, -0.2) is 0 Å². The normalized spacial score (nSPS) is 9.81. The predicted octanol–water partition coefficient (Wildman–Crippen LogP) is 5.86. The first-order valence-corrected chi connectivity index (χ1v) is 8.90. The smallest absolute Gasteiger partial charge is 0.140 e. The standard InChI is InChI=1S/C26H21F/c1-18-5-7-22(8-6-18)11-13-25-14-12-23(17-26(25)27)9-10-24-15-19(2)21(4)20(3)16-24/h5-8,12,14-17H,1-4H3. The van der Waals surface area contributed by atoms with Gasteiger partial charge in [0.15, 0.2) is 0 Å². The molecule has 0 unspecified atom stereocenters. The van der Waals surface area contributed by atoms with Crippen LogP contribution >= 0.6 is 0 Å². The quantitative estimate of drug-likeness (QED) is 0.445. The molecule has 0 amide bonds. The van der Waals surface area contributed by atoms with Gasteiger partial charge in [-0.2, -0.15) is 0 Å². The third-order valence-electron chi connectivity index (χ3n) is 4.64. The van der Waals surface area contributed by atoms with E-state index in [0.29, 0.717) is 11.1 Å². The monoisotopic (exact) mass is 352 g/mol. The van der Waals surface area contributed by atoms with Crippen LogP contribution in [0.2, 0.25) is 0 Å². The third-order valence-corrected chi connectivity index (χ3v) is 4.64. The van der Waals surface area contributed by atoms with Crippen LogP contribution in [0.1, 0.15) is 44.5 Å². The molecule has 0 aromatic heterocycles. The third kappa shape index (κ3) is 4.66. The molecule has 0 aliphatic heterocycles. The molecule has 0 atom stereocenters. The molecule has 0 heterocycles. The van der Waals surface area contributed by atoms with Crippen molar-refractivity contribution in [2.45, 2.75) is 27.7 Å². The van der Waals surface area contributed by atoms with E-state index in [0.717, 1.165) is 11.1 Å². The van der Waals surface area contributed by atoms with Gasteiger partial charge in [-0.15, -0.1) is 0 Å².